The van der Waals surface area contributed by atoms with Gasteiger partial charge in [0.05, 0.1) is 5.02 Å². The van der Waals surface area contributed by atoms with E-state index in [0.29, 0.717) is 0 Å². The van der Waals surface area contributed by atoms with Gasteiger partial charge in [0.1, 0.15) is 9.79 Å². The summed E-state index contributed by atoms with van der Waals surface area (Å²) in [7, 11) is -7.84. The summed E-state index contributed by atoms with van der Waals surface area (Å²) in [6.07, 6.45) is 0.864. The van der Waals surface area contributed by atoms with Crippen LogP contribution in [0.3, 0.4) is 0 Å². The molecule has 1 rings (SSSR count). The third kappa shape index (κ3) is 2.69. The minimum absolute atomic E-state index is 0.163. The smallest absolute Gasteiger partial charge is 0.225 e. The van der Waals surface area contributed by atoms with Gasteiger partial charge < -0.3 is 0 Å². The molecule has 15 heavy (non-hydrogen) atoms. The minimum Gasteiger partial charge on any atom is -0.225 e. The lowest BCUT2D eigenvalue weighted by Crippen LogP contribution is -2.16. The first-order valence-corrected chi connectivity index (χ1v) is 7.47. The van der Waals surface area contributed by atoms with Crippen LogP contribution in [0.15, 0.2) is 28.0 Å². The zero-order valence-electron chi connectivity index (χ0n) is 7.64. The fourth-order valence-electron chi connectivity index (χ4n) is 1.07. The van der Waals surface area contributed by atoms with E-state index in [4.69, 9.17) is 16.7 Å². The lowest BCUT2D eigenvalue weighted by atomic mass is 10.4. The molecule has 2 N–H and O–H groups in total. The topological polar surface area (TPSA) is 94.3 Å². The molecule has 0 saturated heterocycles. The molecule has 5 nitrogen and oxygen atoms in total. The van der Waals surface area contributed by atoms with Gasteiger partial charge in [-0.2, -0.15) is 0 Å². The Kier molecular flexibility index (Phi) is 3.11. The molecule has 0 unspecified atom stereocenters. The molecular weight excluding hydrogens is 262 g/mol. The summed E-state index contributed by atoms with van der Waals surface area (Å²) in [5.74, 6) is 0. The number of hydrogen-bond acceptors (Lipinski definition) is 4. The van der Waals surface area contributed by atoms with Crippen LogP contribution in [0.4, 0.5) is 0 Å². The second-order valence-electron chi connectivity index (χ2n) is 2.88. The molecular formula is C7H8ClNO4S2. The molecule has 0 aliphatic rings. The van der Waals surface area contributed by atoms with E-state index < -0.39 is 29.7 Å². The van der Waals surface area contributed by atoms with Crippen molar-refractivity contribution in [2.24, 2.45) is 5.14 Å². The summed E-state index contributed by atoms with van der Waals surface area (Å²) in [5.41, 5.74) is 0. The zero-order valence-corrected chi connectivity index (χ0v) is 10.0. The number of hydrogen-bond donors (Lipinski definition) is 1. The van der Waals surface area contributed by atoms with Crippen LogP contribution in [0.2, 0.25) is 5.02 Å². The first-order valence-electron chi connectivity index (χ1n) is 3.65. The lowest BCUT2D eigenvalue weighted by Gasteiger charge is -2.07. The van der Waals surface area contributed by atoms with Gasteiger partial charge in [0.2, 0.25) is 10.0 Å². The largest absolute Gasteiger partial charge is 0.239 e. The van der Waals surface area contributed by atoms with E-state index in [-0.39, 0.29) is 5.02 Å². The highest BCUT2D eigenvalue weighted by atomic mass is 35.5. The van der Waals surface area contributed by atoms with Gasteiger partial charge in [-0.25, -0.2) is 22.0 Å². The van der Waals surface area contributed by atoms with Gasteiger partial charge in [0.25, 0.3) is 0 Å². The highest BCUT2D eigenvalue weighted by molar-refractivity contribution is 7.93. The van der Waals surface area contributed by atoms with Crippen LogP contribution in [0.5, 0.6) is 0 Å². The molecule has 0 aromatic heterocycles. The fraction of sp³-hybridized carbons (Fsp3) is 0.143. The predicted octanol–water partition coefficient (Wildman–Crippen LogP) is 0.391. The monoisotopic (exact) mass is 269 g/mol. The number of sulfonamides is 1. The third-order valence-electron chi connectivity index (χ3n) is 1.61. The number of sulfone groups is 1. The Hall–Kier alpha value is -0.630. The SMILES string of the molecule is CS(=O)(=O)c1c(Cl)cccc1S(N)(=O)=O. The average Bonchev–Trinajstić information content (AvgIpc) is 1.99. The van der Waals surface area contributed by atoms with Gasteiger partial charge in [0, 0.05) is 6.26 Å². The Balaban J connectivity index is 3.79. The summed E-state index contributed by atoms with van der Waals surface area (Å²) in [4.78, 5) is -0.952. The molecule has 8 heteroatoms. The van der Waals surface area contributed by atoms with Crippen molar-refractivity contribution < 1.29 is 16.8 Å². The highest BCUT2D eigenvalue weighted by Crippen LogP contribution is 2.27. The lowest BCUT2D eigenvalue weighted by molar-refractivity contribution is 0.586. The van der Waals surface area contributed by atoms with Gasteiger partial charge in [0.15, 0.2) is 9.84 Å². The number of nitrogens with two attached hydrogens (primary N) is 1. The molecule has 0 spiro atoms. The third-order valence-corrected chi connectivity index (χ3v) is 4.30. The van der Waals surface area contributed by atoms with Crippen LogP contribution in [0.25, 0.3) is 0 Å². The summed E-state index contributed by atoms with van der Waals surface area (Å²) in [6.45, 7) is 0. The molecule has 0 bridgehead atoms. The first kappa shape index (κ1) is 12.4. The van der Waals surface area contributed by atoms with E-state index in [2.05, 4.69) is 0 Å². The summed E-state index contributed by atoms with van der Waals surface area (Å²) in [6, 6.07) is 3.70. The van der Waals surface area contributed by atoms with E-state index in [9.17, 15) is 16.8 Å². The van der Waals surface area contributed by atoms with Crippen molar-refractivity contribution in [3.8, 4) is 0 Å². The van der Waals surface area contributed by atoms with E-state index in [1.54, 1.807) is 0 Å². The minimum atomic E-state index is -4.10. The molecule has 84 valence electrons. The molecule has 0 aliphatic carbocycles. The average molecular weight is 270 g/mol. The standard InChI is InChI=1S/C7H8ClNO4S2/c1-14(10,11)7-5(8)3-2-4-6(7)15(9,12)13/h2-4H,1H3,(H2,9,12,13). The van der Waals surface area contributed by atoms with Gasteiger partial charge in [-0.3, -0.25) is 0 Å². The Morgan fingerprint density at radius 2 is 1.73 bits per heavy atom. The maximum absolute atomic E-state index is 11.3. The van der Waals surface area contributed by atoms with E-state index >= 15 is 0 Å². The van der Waals surface area contributed by atoms with Crippen LogP contribution >= 0.6 is 11.6 Å². The maximum Gasteiger partial charge on any atom is 0.239 e. The number of primary sulfonamides is 1. The van der Waals surface area contributed by atoms with Crippen molar-refractivity contribution in [1.82, 2.24) is 0 Å². The first-order chi connectivity index (χ1) is 6.64. The van der Waals surface area contributed by atoms with E-state index in [1.807, 2.05) is 0 Å². The zero-order chi connectivity index (χ0) is 11.9. The molecule has 0 radical (unpaired) electrons. The molecule has 1 aromatic rings. The Labute approximate surface area is 92.8 Å². The quantitative estimate of drug-likeness (QED) is 0.840. The molecule has 0 heterocycles. The summed E-state index contributed by atoms with van der Waals surface area (Å²) >= 11 is 5.62. The van der Waals surface area contributed by atoms with Gasteiger partial charge >= 0.3 is 0 Å². The molecule has 1 aromatic carbocycles. The fourth-order valence-corrected chi connectivity index (χ4v) is 4.02. The highest BCUT2D eigenvalue weighted by Gasteiger charge is 2.23. The van der Waals surface area contributed by atoms with Crippen LogP contribution in [-0.4, -0.2) is 23.1 Å². The van der Waals surface area contributed by atoms with Crippen molar-refractivity contribution in [3.63, 3.8) is 0 Å². The van der Waals surface area contributed by atoms with Gasteiger partial charge in [-0.05, 0) is 12.1 Å². The number of halogens is 1. The van der Waals surface area contributed by atoms with Crippen LogP contribution in [0.1, 0.15) is 0 Å². The van der Waals surface area contributed by atoms with Crippen molar-refractivity contribution in [2.75, 3.05) is 6.26 Å². The number of rotatable bonds is 2. The van der Waals surface area contributed by atoms with Crippen LogP contribution < -0.4 is 5.14 Å². The van der Waals surface area contributed by atoms with Crippen molar-refractivity contribution in [3.05, 3.63) is 23.2 Å². The molecule has 0 atom stereocenters. The Bertz CT molecular complexity index is 591. The summed E-state index contributed by atoms with van der Waals surface area (Å²) < 4.78 is 44.8. The van der Waals surface area contributed by atoms with Crippen molar-refractivity contribution >= 4 is 31.5 Å². The Morgan fingerprint density at radius 1 is 1.20 bits per heavy atom. The van der Waals surface area contributed by atoms with Crippen LogP contribution in [-0.2, 0) is 19.9 Å². The second-order valence-corrected chi connectivity index (χ2v) is 6.77. The summed E-state index contributed by atoms with van der Waals surface area (Å²) in [5, 5.41) is 4.71. The van der Waals surface area contributed by atoms with Crippen LogP contribution in [0, 0.1) is 0 Å². The van der Waals surface area contributed by atoms with Gasteiger partial charge in [-0.1, -0.05) is 17.7 Å². The van der Waals surface area contributed by atoms with E-state index in [0.717, 1.165) is 12.3 Å². The Morgan fingerprint density at radius 3 is 2.07 bits per heavy atom. The predicted molar refractivity (Wildman–Crippen MR) is 55.9 cm³/mol. The number of benzene rings is 1. The van der Waals surface area contributed by atoms with Crippen molar-refractivity contribution in [2.45, 2.75) is 9.79 Å². The second kappa shape index (κ2) is 3.75. The molecule has 0 fully saturated rings. The normalized spacial score (nSPS) is 12.7. The molecule has 0 saturated carbocycles. The maximum atomic E-state index is 11.3. The molecule has 0 aliphatic heterocycles. The van der Waals surface area contributed by atoms with Crippen molar-refractivity contribution in [1.29, 1.82) is 0 Å². The van der Waals surface area contributed by atoms with E-state index in [1.165, 1.54) is 12.1 Å². The van der Waals surface area contributed by atoms with Gasteiger partial charge in [-0.15, -0.1) is 0 Å². The molecule has 0 amide bonds.